The Labute approximate surface area is 98.4 Å². The van der Waals surface area contributed by atoms with Crippen molar-refractivity contribution >= 4 is 5.69 Å². The van der Waals surface area contributed by atoms with Crippen molar-refractivity contribution < 1.29 is 0 Å². The smallest absolute Gasteiger partial charge is 0.0599 e. The molecule has 0 saturated carbocycles. The SMILES string of the molecule is C#CCN(CCC)CCc1cccc(N)c1. The predicted molar refractivity (Wildman–Crippen MR) is 70.1 cm³/mol. The van der Waals surface area contributed by atoms with Crippen LogP contribution in [0.1, 0.15) is 18.9 Å². The van der Waals surface area contributed by atoms with Gasteiger partial charge in [0, 0.05) is 12.2 Å². The summed E-state index contributed by atoms with van der Waals surface area (Å²) in [5.74, 6) is 2.70. The quantitative estimate of drug-likeness (QED) is 0.583. The van der Waals surface area contributed by atoms with Crippen molar-refractivity contribution in [3.63, 3.8) is 0 Å². The predicted octanol–water partition coefficient (Wildman–Crippen LogP) is 2.16. The number of terminal acetylenes is 1. The number of nitrogens with zero attached hydrogens (tertiary/aromatic N) is 1. The van der Waals surface area contributed by atoms with Gasteiger partial charge < -0.3 is 5.73 Å². The highest BCUT2D eigenvalue weighted by molar-refractivity contribution is 5.40. The van der Waals surface area contributed by atoms with Gasteiger partial charge in [0.15, 0.2) is 0 Å². The number of hydrogen-bond donors (Lipinski definition) is 1. The minimum Gasteiger partial charge on any atom is -0.399 e. The molecule has 0 heterocycles. The van der Waals surface area contributed by atoms with E-state index in [9.17, 15) is 0 Å². The second-order valence-corrected chi connectivity index (χ2v) is 3.98. The highest BCUT2D eigenvalue weighted by atomic mass is 15.1. The lowest BCUT2D eigenvalue weighted by atomic mass is 10.1. The Bertz CT molecular complexity index is 352. The molecule has 0 spiro atoms. The monoisotopic (exact) mass is 216 g/mol. The van der Waals surface area contributed by atoms with Crippen LogP contribution in [0.5, 0.6) is 0 Å². The molecule has 0 unspecified atom stereocenters. The third kappa shape index (κ3) is 4.37. The lowest BCUT2D eigenvalue weighted by Gasteiger charge is -2.18. The van der Waals surface area contributed by atoms with Crippen molar-refractivity contribution in [1.82, 2.24) is 4.90 Å². The number of benzene rings is 1. The summed E-state index contributed by atoms with van der Waals surface area (Å²) in [4.78, 5) is 2.29. The van der Waals surface area contributed by atoms with Gasteiger partial charge in [-0.2, -0.15) is 0 Å². The Kier molecular flexibility index (Phi) is 5.45. The van der Waals surface area contributed by atoms with Gasteiger partial charge in [-0.1, -0.05) is 25.0 Å². The molecule has 1 aromatic rings. The maximum atomic E-state index is 5.74. The van der Waals surface area contributed by atoms with E-state index in [-0.39, 0.29) is 0 Å². The first-order valence-corrected chi connectivity index (χ1v) is 5.76. The standard InChI is InChI=1S/C14H20N2/c1-3-9-16(10-4-2)11-8-13-6-5-7-14(15)12-13/h1,5-7,12H,4,8-11,15H2,2H3. The molecule has 0 fully saturated rings. The third-order valence-corrected chi connectivity index (χ3v) is 2.52. The fraction of sp³-hybridized carbons (Fsp3) is 0.429. The van der Waals surface area contributed by atoms with E-state index in [4.69, 9.17) is 12.2 Å². The molecular weight excluding hydrogens is 196 g/mol. The second kappa shape index (κ2) is 6.92. The minimum atomic E-state index is 0.732. The summed E-state index contributed by atoms with van der Waals surface area (Å²) in [6.45, 7) is 4.97. The zero-order chi connectivity index (χ0) is 11.8. The number of anilines is 1. The molecule has 0 amide bonds. The Morgan fingerprint density at radius 1 is 1.38 bits per heavy atom. The Balaban J connectivity index is 2.45. The molecule has 0 bridgehead atoms. The van der Waals surface area contributed by atoms with Gasteiger partial charge in [-0.05, 0) is 37.1 Å². The van der Waals surface area contributed by atoms with Gasteiger partial charge in [-0.15, -0.1) is 6.42 Å². The molecule has 0 radical (unpaired) electrons. The summed E-state index contributed by atoms with van der Waals surface area (Å²) < 4.78 is 0. The number of nitrogen functional groups attached to an aromatic ring is 1. The molecule has 86 valence electrons. The normalized spacial score (nSPS) is 10.3. The summed E-state index contributed by atoms with van der Waals surface area (Å²) >= 11 is 0. The van der Waals surface area contributed by atoms with Crippen LogP contribution in [-0.4, -0.2) is 24.5 Å². The maximum Gasteiger partial charge on any atom is 0.0599 e. The molecule has 0 aliphatic carbocycles. The van der Waals surface area contributed by atoms with Crippen LogP contribution >= 0.6 is 0 Å². The van der Waals surface area contributed by atoms with E-state index in [2.05, 4.69) is 23.8 Å². The van der Waals surface area contributed by atoms with E-state index in [1.165, 1.54) is 5.56 Å². The van der Waals surface area contributed by atoms with Crippen LogP contribution in [0.15, 0.2) is 24.3 Å². The lowest BCUT2D eigenvalue weighted by molar-refractivity contribution is 0.311. The lowest BCUT2D eigenvalue weighted by Crippen LogP contribution is -2.27. The van der Waals surface area contributed by atoms with E-state index in [1.807, 2.05) is 18.2 Å². The van der Waals surface area contributed by atoms with Crippen molar-refractivity contribution in [2.24, 2.45) is 0 Å². The highest BCUT2D eigenvalue weighted by Crippen LogP contribution is 2.07. The number of hydrogen-bond acceptors (Lipinski definition) is 2. The van der Waals surface area contributed by atoms with Gasteiger partial charge >= 0.3 is 0 Å². The first kappa shape index (κ1) is 12.6. The maximum absolute atomic E-state index is 5.74. The molecule has 0 aromatic heterocycles. The molecule has 16 heavy (non-hydrogen) atoms. The average Bonchev–Trinajstić information content (AvgIpc) is 2.27. The Morgan fingerprint density at radius 2 is 2.19 bits per heavy atom. The van der Waals surface area contributed by atoms with Gasteiger partial charge in [-0.25, -0.2) is 0 Å². The average molecular weight is 216 g/mol. The van der Waals surface area contributed by atoms with E-state index in [1.54, 1.807) is 0 Å². The van der Waals surface area contributed by atoms with E-state index < -0.39 is 0 Å². The summed E-state index contributed by atoms with van der Waals surface area (Å²) in [6, 6.07) is 8.04. The summed E-state index contributed by atoms with van der Waals surface area (Å²) in [7, 11) is 0. The van der Waals surface area contributed by atoms with E-state index >= 15 is 0 Å². The zero-order valence-corrected chi connectivity index (χ0v) is 9.95. The van der Waals surface area contributed by atoms with Crippen molar-refractivity contribution in [3.8, 4) is 12.3 Å². The second-order valence-electron chi connectivity index (χ2n) is 3.98. The van der Waals surface area contributed by atoms with Gasteiger partial charge in [-0.3, -0.25) is 4.90 Å². The van der Waals surface area contributed by atoms with Crippen molar-refractivity contribution in [2.45, 2.75) is 19.8 Å². The molecular formula is C14H20N2. The van der Waals surface area contributed by atoms with E-state index in [0.717, 1.165) is 38.2 Å². The van der Waals surface area contributed by atoms with E-state index in [0.29, 0.717) is 0 Å². The highest BCUT2D eigenvalue weighted by Gasteiger charge is 2.02. The van der Waals surface area contributed by atoms with Crippen LogP contribution in [0.25, 0.3) is 0 Å². The van der Waals surface area contributed by atoms with Crippen LogP contribution in [0.2, 0.25) is 0 Å². The third-order valence-electron chi connectivity index (χ3n) is 2.52. The molecule has 2 N–H and O–H groups in total. The molecule has 0 atom stereocenters. The summed E-state index contributed by atoms with van der Waals surface area (Å²) in [5.41, 5.74) is 7.84. The molecule has 0 aliphatic heterocycles. The van der Waals surface area contributed by atoms with Crippen LogP contribution in [0.3, 0.4) is 0 Å². The van der Waals surface area contributed by atoms with Crippen LogP contribution in [0.4, 0.5) is 5.69 Å². The summed E-state index contributed by atoms with van der Waals surface area (Å²) in [6.07, 6.45) is 7.49. The molecule has 2 nitrogen and oxygen atoms in total. The minimum absolute atomic E-state index is 0.732. The zero-order valence-electron chi connectivity index (χ0n) is 9.95. The Morgan fingerprint density at radius 3 is 2.81 bits per heavy atom. The fourth-order valence-corrected chi connectivity index (χ4v) is 1.75. The molecule has 0 saturated heterocycles. The van der Waals surface area contributed by atoms with Gasteiger partial charge in [0.1, 0.15) is 0 Å². The van der Waals surface area contributed by atoms with Crippen LogP contribution < -0.4 is 5.73 Å². The van der Waals surface area contributed by atoms with Gasteiger partial charge in [0.2, 0.25) is 0 Å². The molecule has 1 aromatic carbocycles. The fourth-order valence-electron chi connectivity index (χ4n) is 1.75. The number of rotatable bonds is 6. The first-order valence-electron chi connectivity index (χ1n) is 5.76. The number of nitrogens with two attached hydrogens (primary N) is 1. The summed E-state index contributed by atoms with van der Waals surface area (Å²) in [5, 5.41) is 0. The van der Waals surface area contributed by atoms with Crippen molar-refractivity contribution in [1.29, 1.82) is 0 Å². The van der Waals surface area contributed by atoms with Crippen LogP contribution in [-0.2, 0) is 6.42 Å². The molecule has 2 heteroatoms. The van der Waals surface area contributed by atoms with Gasteiger partial charge in [0.25, 0.3) is 0 Å². The molecule has 1 rings (SSSR count). The van der Waals surface area contributed by atoms with Crippen LogP contribution in [0, 0.1) is 12.3 Å². The van der Waals surface area contributed by atoms with Gasteiger partial charge in [0.05, 0.1) is 6.54 Å². The molecule has 0 aliphatic rings. The Hall–Kier alpha value is -1.46. The largest absolute Gasteiger partial charge is 0.399 e. The topological polar surface area (TPSA) is 29.3 Å². The van der Waals surface area contributed by atoms with Crippen molar-refractivity contribution in [2.75, 3.05) is 25.4 Å². The van der Waals surface area contributed by atoms with Crippen molar-refractivity contribution in [3.05, 3.63) is 29.8 Å². The first-order chi connectivity index (χ1) is 7.76.